The van der Waals surface area contributed by atoms with Crippen molar-refractivity contribution in [2.24, 2.45) is 11.5 Å². The number of nitrogens with zero attached hydrogens (tertiary/aromatic N) is 1. The number of aliphatic carboxylic acids is 2. The van der Waals surface area contributed by atoms with E-state index in [0.717, 1.165) is 16.5 Å². The molecule has 9 N–H and O–H groups in total. The van der Waals surface area contributed by atoms with Gasteiger partial charge < -0.3 is 42.2 Å². The summed E-state index contributed by atoms with van der Waals surface area (Å²) in [6.07, 6.45) is 3.32. The molecule has 2 heterocycles. The molecule has 0 saturated carbocycles. The second kappa shape index (κ2) is 13.7. The molecule has 0 bridgehead atoms. The summed E-state index contributed by atoms with van der Waals surface area (Å²) >= 11 is 0. The van der Waals surface area contributed by atoms with Crippen LogP contribution in [0.5, 0.6) is 0 Å². The average molecular weight is 545 g/mol. The molecule has 1 saturated heterocycles. The number of rotatable bonds is 14. The number of carboxylic acids is 2. The molecular weight excluding hydrogens is 508 g/mol. The van der Waals surface area contributed by atoms with Gasteiger partial charge in [-0.2, -0.15) is 0 Å². The summed E-state index contributed by atoms with van der Waals surface area (Å²) in [5.41, 5.74) is 12.8. The number of para-hydroxylation sites is 1. The van der Waals surface area contributed by atoms with Gasteiger partial charge in [0.15, 0.2) is 0 Å². The lowest BCUT2D eigenvalue weighted by molar-refractivity contribution is -0.144. The second-order valence-corrected chi connectivity index (χ2v) is 9.70. The third-order valence-corrected chi connectivity index (χ3v) is 6.84. The van der Waals surface area contributed by atoms with Crippen molar-refractivity contribution in [2.75, 3.05) is 13.1 Å². The number of carboxylic acid groups (broad SMARTS) is 2. The predicted octanol–water partition coefficient (Wildman–Crippen LogP) is -0.313. The number of carbonyl (C=O) groups is 5. The summed E-state index contributed by atoms with van der Waals surface area (Å²) < 4.78 is 0. The first-order chi connectivity index (χ1) is 18.6. The van der Waals surface area contributed by atoms with E-state index in [-0.39, 0.29) is 19.4 Å². The van der Waals surface area contributed by atoms with Crippen LogP contribution in [-0.4, -0.2) is 87.0 Å². The fraction of sp³-hybridized carbons (Fsp3) is 0.500. The molecule has 13 heteroatoms. The van der Waals surface area contributed by atoms with Crippen LogP contribution in [-0.2, 0) is 30.4 Å². The Kier molecular flexibility index (Phi) is 10.4. The molecule has 39 heavy (non-hydrogen) atoms. The number of hydrogen-bond donors (Lipinski definition) is 7. The van der Waals surface area contributed by atoms with E-state index >= 15 is 0 Å². The van der Waals surface area contributed by atoms with E-state index in [1.165, 1.54) is 4.90 Å². The van der Waals surface area contributed by atoms with Crippen LogP contribution in [0.4, 0.5) is 0 Å². The number of fused-ring (bicyclic) bond motifs is 1. The highest BCUT2D eigenvalue weighted by Crippen LogP contribution is 2.22. The number of benzene rings is 1. The maximum atomic E-state index is 13.4. The van der Waals surface area contributed by atoms with Crippen LogP contribution < -0.4 is 22.1 Å². The molecule has 1 aliphatic heterocycles. The molecule has 1 fully saturated rings. The number of carbonyl (C=O) groups excluding carboxylic acids is 3. The first-order valence-corrected chi connectivity index (χ1v) is 13.0. The summed E-state index contributed by atoms with van der Waals surface area (Å²) in [6.45, 7) is 0.623. The summed E-state index contributed by atoms with van der Waals surface area (Å²) in [6, 6.07) is 2.89. The minimum atomic E-state index is -1.30. The highest BCUT2D eigenvalue weighted by Gasteiger charge is 2.38. The zero-order valence-electron chi connectivity index (χ0n) is 21.6. The third-order valence-electron chi connectivity index (χ3n) is 6.84. The highest BCUT2D eigenvalue weighted by atomic mass is 16.4. The van der Waals surface area contributed by atoms with Gasteiger partial charge in [-0.3, -0.25) is 19.2 Å². The zero-order chi connectivity index (χ0) is 28.5. The lowest BCUT2D eigenvalue weighted by Crippen LogP contribution is -2.57. The average Bonchev–Trinajstić information content (AvgIpc) is 3.54. The fourth-order valence-electron chi connectivity index (χ4n) is 4.81. The molecule has 4 unspecified atom stereocenters. The largest absolute Gasteiger partial charge is 0.481 e. The van der Waals surface area contributed by atoms with Gasteiger partial charge in [0.2, 0.25) is 17.7 Å². The molecule has 1 aromatic carbocycles. The van der Waals surface area contributed by atoms with E-state index in [2.05, 4.69) is 15.6 Å². The smallest absolute Gasteiger partial charge is 0.326 e. The fourth-order valence-corrected chi connectivity index (χ4v) is 4.81. The van der Waals surface area contributed by atoms with Gasteiger partial charge in [-0.25, -0.2) is 4.79 Å². The Morgan fingerprint density at radius 2 is 1.82 bits per heavy atom. The van der Waals surface area contributed by atoms with Crippen LogP contribution in [0, 0.1) is 0 Å². The van der Waals surface area contributed by atoms with Gasteiger partial charge >= 0.3 is 11.9 Å². The van der Waals surface area contributed by atoms with Crippen LogP contribution in [0.3, 0.4) is 0 Å². The van der Waals surface area contributed by atoms with E-state index in [1.807, 2.05) is 24.3 Å². The molecule has 4 atom stereocenters. The minimum absolute atomic E-state index is 0.0654. The molecular formula is C26H36N6O7. The Bertz CT molecular complexity index is 1200. The van der Waals surface area contributed by atoms with Gasteiger partial charge in [0.25, 0.3) is 0 Å². The molecule has 1 aliphatic rings. The van der Waals surface area contributed by atoms with Crippen molar-refractivity contribution in [3.05, 3.63) is 36.0 Å². The monoisotopic (exact) mass is 544 g/mol. The number of likely N-dealkylation sites (tertiary alicyclic amines) is 1. The first kappa shape index (κ1) is 29.6. The maximum Gasteiger partial charge on any atom is 0.326 e. The predicted molar refractivity (Wildman–Crippen MR) is 141 cm³/mol. The molecule has 0 radical (unpaired) electrons. The van der Waals surface area contributed by atoms with Crippen LogP contribution >= 0.6 is 0 Å². The van der Waals surface area contributed by atoms with Gasteiger partial charge in [-0.1, -0.05) is 18.2 Å². The topological polar surface area (TPSA) is 221 Å². The summed E-state index contributed by atoms with van der Waals surface area (Å²) in [5, 5.41) is 24.7. The van der Waals surface area contributed by atoms with Gasteiger partial charge in [-0.15, -0.1) is 0 Å². The van der Waals surface area contributed by atoms with Gasteiger partial charge in [0.1, 0.15) is 18.1 Å². The quantitative estimate of drug-likeness (QED) is 0.155. The standard InChI is InChI=1S/C26H36N6O7/c27-10-4-3-8-19(26(38)39)30-23(35)20(12-15-14-29-18-7-2-1-6-16(15)18)31-24(36)21-9-5-11-32(21)25(37)17(28)13-22(33)34/h1-2,6-7,14,17,19-21,29H,3-5,8-13,27-28H2,(H,30,35)(H,31,36)(H,33,34)(H,38,39). The number of hydrogen-bond acceptors (Lipinski definition) is 7. The van der Waals surface area contributed by atoms with E-state index in [9.17, 15) is 29.1 Å². The van der Waals surface area contributed by atoms with Gasteiger partial charge in [0, 0.05) is 30.1 Å². The van der Waals surface area contributed by atoms with Crippen LogP contribution in [0.15, 0.2) is 30.5 Å². The summed E-state index contributed by atoms with van der Waals surface area (Å²) in [4.78, 5) is 66.7. The van der Waals surface area contributed by atoms with Crippen molar-refractivity contribution in [3.63, 3.8) is 0 Å². The number of aromatic amines is 1. The Balaban J connectivity index is 1.81. The molecule has 13 nitrogen and oxygen atoms in total. The number of amides is 3. The van der Waals surface area contributed by atoms with E-state index in [4.69, 9.17) is 16.6 Å². The molecule has 0 spiro atoms. The lowest BCUT2D eigenvalue weighted by atomic mass is 10.0. The zero-order valence-corrected chi connectivity index (χ0v) is 21.6. The number of aromatic nitrogens is 1. The normalized spacial score (nSPS) is 17.4. The lowest BCUT2D eigenvalue weighted by Gasteiger charge is -2.28. The van der Waals surface area contributed by atoms with Crippen molar-refractivity contribution >= 4 is 40.6 Å². The number of nitrogens with two attached hydrogens (primary N) is 2. The third kappa shape index (κ3) is 7.77. The molecule has 0 aliphatic carbocycles. The van der Waals surface area contributed by atoms with Gasteiger partial charge in [0.05, 0.1) is 12.5 Å². The van der Waals surface area contributed by atoms with Gasteiger partial charge in [-0.05, 0) is 50.3 Å². The van der Waals surface area contributed by atoms with E-state index in [0.29, 0.717) is 32.2 Å². The van der Waals surface area contributed by atoms with Crippen molar-refractivity contribution < 1.29 is 34.2 Å². The van der Waals surface area contributed by atoms with E-state index in [1.54, 1.807) is 6.20 Å². The Labute approximate surface area is 225 Å². The Hall–Kier alpha value is -3.97. The van der Waals surface area contributed by atoms with Crippen molar-refractivity contribution in [1.82, 2.24) is 20.5 Å². The summed E-state index contributed by atoms with van der Waals surface area (Å²) in [7, 11) is 0. The number of unbranched alkanes of at least 4 members (excludes halogenated alkanes) is 1. The van der Waals surface area contributed by atoms with Crippen LogP contribution in [0.2, 0.25) is 0 Å². The van der Waals surface area contributed by atoms with E-state index < -0.39 is 60.2 Å². The Morgan fingerprint density at radius 3 is 2.51 bits per heavy atom. The van der Waals surface area contributed by atoms with Crippen molar-refractivity contribution in [3.8, 4) is 0 Å². The SMILES string of the molecule is NCCCCC(NC(=O)C(Cc1c[nH]c2ccccc12)NC(=O)C1CCCN1C(=O)C(N)CC(=O)O)C(=O)O. The second-order valence-electron chi connectivity index (χ2n) is 9.70. The summed E-state index contributed by atoms with van der Waals surface area (Å²) in [5.74, 6) is -4.35. The maximum absolute atomic E-state index is 13.4. The first-order valence-electron chi connectivity index (χ1n) is 13.0. The van der Waals surface area contributed by atoms with Crippen LogP contribution in [0.1, 0.15) is 44.1 Å². The van der Waals surface area contributed by atoms with Crippen LogP contribution in [0.25, 0.3) is 10.9 Å². The molecule has 3 rings (SSSR count). The molecule has 1 aromatic heterocycles. The number of nitrogens with one attached hydrogen (secondary N) is 3. The van der Waals surface area contributed by atoms with Crippen molar-refractivity contribution in [2.45, 2.75) is 69.1 Å². The number of H-pyrrole nitrogens is 1. The molecule has 212 valence electrons. The molecule has 3 amide bonds. The highest BCUT2D eigenvalue weighted by molar-refractivity contribution is 5.95. The Morgan fingerprint density at radius 1 is 1.08 bits per heavy atom. The minimum Gasteiger partial charge on any atom is -0.481 e. The molecule has 2 aromatic rings. The van der Waals surface area contributed by atoms with Crippen molar-refractivity contribution in [1.29, 1.82) is 0 Å².